The third-order valence-electron chi connectivity index (χ3n) is 3.18. The molecule has 0 unspecified atom stereocenters. The van der Waals surface area contributed by atoms with Crippen molar-refractivity contribution in [3.63, 3.8) is 0 Å². The Kier molecular flexibility index (Phi) is 6.93. The maximum absolute atomic E-state index is 5.91. The first-order valence-electron chi connectivity index (χ1n) is 8.23. The molecule has 6 heteroatoms. The van der Waals surface area contributed by atoms with Gasteiger partial charge in [-0.25, -0.2) is 9.67 Å². The van der Waals surface area contributed by atoms with Crippen molar-refractivity contribution < 1.29 is 4.74 Å². The summed E-state index contributed by atoms with van der Waals surface area (Å²) in [6.07, 6.45) is 3.75. The van der Waals surface area contributed by atoms with Gasteiger partial charge < -0.3 is 10.1 Å². The van der Waals surface area contributed by atoms with E-state index in [4.69, 9.17) is 17.0 Å². The van der Waals surface area contributed by atoms with Gasteiger partial charge >= 0.3 is 0 Å². The summed E-state index contributed by atoms with van der Waals surface area (Å²) in [7, 11) is 0. The number of hydrogen-bond acceptors (Lipinski definition) is 3. The second kappa shape index (κ2) is 9.17. The molecule has 1 N–H and O–H groups in total. The Morgan fingerprint density at radius 3 is 2.75 bits per heavy atom. The minimum absolute atomic E-state index is 0.243. The van der Waals surface area contributed by atoms with Crippen LogP contribution in [0.15, 0.2) is 47.6 Å². The predicted octanol–water partition coefficient (Wildman–Crippen LogP) is 3.23. The number of nitrogens with one attached hydrogen (secondary N) is 1. The van der Waals surface area contributed by atoms with E-state index in [2.05, 4.69) is 22.3 Å². The molecule has 0 saturated heterocycles. The fraction of sp³-hybridized carbons (Fsp3) is 0.389. The van der Waals surface area contributed by atoms with E-state index in [-0.39, 0.29) is 6.04 Å². The molecule has 1 heterocycles. The van der Waals surface area contributed by atoms with Gasteiger partial charge in [0.25, 0.3) is 0 Å². The molecule has 0 fully saturated rings. The molecular weight excluding hydrogens is 320 g/mol. The SMILES string of the molecule is CCCCOc1cc(=NC(=S)NC(C)C)cnn1-c1ccccc1. The summed E-state index contributed by atoms with van der Waals surface area (Å²) in [6, 6.07) is 12.0. The maximum atomic E-state index is 5.91. The van der Waals surface area contributed by atoms with Gasteiger partial charge in [-0.3, -0.25) is 0 Å². The summed E-state index contributed by atoms with van der Waals surface area (Å²) in [4.78, 5) is 4.39. The maximum Gasteiger partial charge on any atom is 0.217 e. The van der Waals surface area contributed by atoms with Crippen molar-refractivity contribution in [3.05, 3.63) is 48.0 Å². The zero-order valence-corrected chi connectivity index (χ0v) is 15.2. The van der Waals surface area contributed by atoms with Crippen molar-refractivity contribution in [2.75, 3.05) is 6.61 Å². The highest BCUT2D eigenvalue weighted by Crippen LogP contribution is 2.14. The first-order chi connectivity index (χ1) is 11.6. The molecule has 0 spiro atoms. The molecule has 24 heavy (non-hydrogen) atoms. The minimum Gasteiger partial charge on any atom is -0.478 e. The van der Waals surface area contributed by atoms with E-state index in [9.17, 15) is 0 Å². The summed E-state index contributed by atoms with van der Waals surface area (Å²) >= 11 is 5.23. The van der Waals surface area contributed by atoms with Gasteiger partial charge in [-0.15, -0.1) is 0 Å². The first kappa shape index (κ1) is 18.1. The van der Waals surface area contributed by atoms with Crippen LogP contribution in [0.5, 0.6) is 5.88 Å². The van der Waals surface area contributed by atoms with Crippen LogP contribution in [0.1, 0.15) is 33.6 Å². The number of benzene rings is 1. The van der Waals surface area contributed by atoms with E-state index >= 15 is 0 Å². The second-order valence-electron chi connectivity index (χ2n) is 5.72. The monoisotopic (exact) mass is 344 g/mol. The molecule has 0 aliphatic rings. The van der Waals surface area contributed by atoms with Gasteiger partial charge in [0.05, 0.1) is 23.8 Å². The van der Waals surface area contributed by atoms with Crippen LogP contribution in [0.25, 0.3) is 5.69 Å². The molecule has 0 atom stereocenters. The van der Waals surface area contributed by atoms with Crippen molar-refractivity contribution in [2.24, 2.45) is 4.99 Å². The van der Waals surface area contributed by atoms with Crippen LogP contribution in [0, 0.1) is 0 Å². The van der Waals surface area contributed by atoms with Gasteiger partial charge in [0.2, 0.25) is 5.88 Å². The van der Waals surface area contributed by atoms with Gasteiger partial charge in [-0.2, -0.15) is 5.10 Å². The first-order valence-corrected chi connectivity index (χ1v) is 8.63. The van der Waals surface area contributed by atoms with Crippen LogP contribution in [0.3, 0.4) is 0 Å². The quantitative estimate of drug-likeness (QED) is 0.646. The zero-order chi connectivity index (χ0) is 17.4. The molecule has 5 nitrogen and oxygen atoms in total. The van der Waals surface area contributed by atoms with Crippen molar-refractivity contribution >= 4 is 17.3 Å². The average Bonchev–Trinajstić information content (AvgIpc) is 2.55. The zero-order valence-electron chi connectivity index (χ0n) is 14.4. The molecule has 0 aliphatic carbocycles. The topological polar surface area (TPSA) is 51.4 Å². The van der Waals surface area contributed by atoms with Crippen LogP contribution in [-0.2, 0) is 0 Å². The highest BCUT2D eigenvalue weighted by Gasteiger charge is 2.06. The molecule has 2 aromatic rings. The number of thiocarbonyl (C=S) groups is 1. The lowest BCUT2D eigenvalue weighted by Crippen LogP contribution is -2.29. The summed E-state index contributed by atoms with van der Waals surface area (Å²) in [6.45, 7) is 6.82. The van der Waals surface area contributed by atoms with Gasteiger partial charge in [0.1, 0.15) is 0 Å². The van der Waals surface area contributed by atoms with Crippen molar-refractivity contribution in [3.8, 4) is 11.6 Å². The van der Waals surface area contributed by atoms with E-state index in [1.54, 1.807) is 10.9 Å². The van der Waals surface area contributed by atoms with Crippen LogP contribution in [0.2, 0.25) is 0 Å². The summed E-state index contributed by atoms with van der Waals surface area (Å²) < 4.78 is 7.68. The fourth-order valence-electron chi connectivity index (χ4n) is 2.04. The molecule has 0 amide bonds. The normalized spacial score (nSPS) is 11.6. The molecule has 0 radical (unpaired) electrons. The lowest BCUT2D eigenvalue weighted by atomic mass is 10.3. The second-order valence-corrected chi connectivity index (χ2v) is 6.10. The van der Waals surface area contributed by atoms with Crippen LogP contribution in [-0.4, -0.2) is 27.5 Å². The van der Waals surface area contributed by atoms with E-state index in [0.29, 0.717) is 23.0 Å². The van der Waals surface area contributed by atoms with E-state index < -0.39 is 0 Å². The molecule has 0 bridgehead atoms. The fourth-order valence-corrected chi connectivity index (χ4v) is 2.38. The highest BCUT2D eigenvalue weighted by atomic mass is 32.1. The van der Waals surface area contributed by atoms with Gasteiger partial charge in [-0.1, -0.05) is 31.5 Å². The lowest BCUT2D eigenvalue weighted by molar-refractivity contribution is 0.284. The van der Waals surface area contributed by atoms with Crippen molar-refractivity contribution in [2.45, 2.75) is 39.7 Å². The van der Waals surface area contributed by atoms with Crippen LogP contribution >= 0.6 is 12.2 Å². The van der Waals surface area contributed by atoms with Crippen LogP contribution in [0.4, 0.5) is 0 Å². The van der Waals surface area contributed by atoms with Crippen molar-refractivity contribution in [1.29, 1.82) is 0 Å². The minimum atomic E-state index is 0.243. The highest BCUT2D eigenvalue weighted by molar-refractivity contribution is 7.80. The standard InChI is InChI=1S/C18H24N4OS/c1-4-5-11-23-17-12-15(21-18(24)20-14(2)3)13-19-22(17)16-9-7-6-8-10-16/h6-10,12-14H,4-5,11H2,1-3H3,(H,20,24). The Labute approximate surface area is 148 Å². The molecule has 2 rings (SSSR count). The number of unbranched alkanes of at least 4 members (excludes halogenated alkanes) is 1. The van der Waals surface area contributed by atoms with Crippen LogP contribution < -0.4 is 15.4 Å². The Morgan fingerprint density at radius 2 is 2.08 bits per heavy atom. The number of para-hydroxylation sites is 1. The van der Waals surface area contributed by atoms with Gasteiger partial charge in [0, 0.05) is 12.1 Å². The Morgan fingerprint density at radius 1 is 1.33 bits per heavy atom. The number of nitrogens with zero attached hydrogens (tertiary/aromatic N) is 3. The molecule has 0 aliphatic heterocycles. The number of rotatable bonds is 6. The molecule has 1 aromatic carbocycles. The number of aromatic nitrogens is 2. The third kappa shape index (κ3) is 5.45. The lowest BCUT2D eigenvalue weighted by Gasteiger charge is -2.13. The molecule has 0 saturated carbocycles. The number of ether oxygens (including phenoxy) is 1. The number of hydrogen-bond donors (Lipinski definition) is 1. The van der Waals surface area contributed by atoms with E-state index in [0.717, 1.165) is 18.5 Å². The summed E-state index contributed by atoms with van der Waals surface area (Å²) in [5, 5.41) is 8.69. The van der Waals surface area contributed by atoms with E-state index in [1.807, 2.05) is 50.2 Å². The predicted molar refractivity (Wildman–Crippen MR) is 100 cm³/mol. The summed E-state index contributed by atoms with van der Waals surface area (Å²) in [5.74, 6) is 0.656. The average molecular weight is 344 g/mol. The van der Waals surface area contributed by atoms with Gasteiger partial charge in [0.15, 0.2) is 5.11 Å². The van der Waals surface area contributed by atoms with Crippen molar-refractivity contribution in [1.82, 2.24) is 15.1 Å². The largest absolute Gasteiger partial charge is 0.478 e. The molecular formula is C18H24N4OS. The Balaban J connectivity index is 2.35. The molecule has 128 valence electrons. The van der Waals surface area contributed by atoms with Gasteiger partial charge in [-0.05, 0) is 44.6 Å². The Hall–Kier alpha value is -2.21. The smallest absolute Gasteiger partial charge is 0.217 e. The van der Waals surface area contributed by atoms with E-state index in [1.165, 1.54) is 0 Å². The molecule has 1 aromatic heterocycles. The third-order valence-corrected chi connectivity index (χ3v) is 3.39. The Bertz CT molecular complexity index is 725. The summed E-state index contributed by atoms with van der Waals surface area (Å²) in [5.41, 5.74) is 0.943.